The standard InChI is InChI=1S/C16H19IN2/c1-10-8-11(2)18-12(3)16(10)13(4)19-15-7-5-6-14(17)9-15/h5-9,13,19H,1-4H3. The molecule has 1 heterocycles. The molecule has 0 bridgehead atoms. The summed E-state index contributed by atoms with van der Waals surface area (Å²) in [6.07, 6.45) is 0. The molecule has 0 spiro atoms. The molecule has 3 heteroatoms. The van der Waals surface area contributed by atoms with E-state index in [1.54, 1.807) is 0 Å². The fourth-order valence-corrected chi connectivity index (χ4v) is 3.13. The van der Waals surface area contributed by atoms with E-state index >= 15 is 0 Å². The maximum atomic E-state index is 4.57. The summed E-state index contributed by atoms with van der Waals surface area (Å²) in [4.78, 5) is 4.57. The molecule has 0 saturated heterocycles. The SMILES string of the molecule is Cc1cc(C)c(C(C)Nc2cccc(I)c2)c(C)n1. The maximum absolute atomic E-state index is 4.57. The predicted octanol–water partition coefficient (Wildman–Crippen LogP) is 4.78. The summed E-state index contributed by atoms with van der Waals surface area (Å²) in [6, 6.07) is 10.8. The van der Waals surface area contributed by atoms with Gasteiger partial charge in [0.05, 0.1) is 6.04 Å². The third-order valence-corrected chi connectivity index (χ3v) is 3.90. The number of hydrogen-bond donors (Lipinski definition) is 1. The van der Waals surface area contributed by atoms with Gasteiger partial charge in [-0.25, -0.2) is 0 Å². The van der Waals surface area contributed by atoms with E-state index < -0.39 is 0 Å². The van der Waals surface area contributed by atoms with Crippen LogP contribution in [0.5, 0.6) is 0 Å². The molecule has 0 aliphatic rings. The zero-order valence-corrected chi connectivity index (χ0v) is 13.9. The van der Waals surface area contributed by atoms with E-state index in [2.05, 4.69) is 84.0 Å². The lowest BCUT2D eigenvalue weighted by Crippen LogP contribution is -2.11. The molecule has 1 N–H and O–H groups in total. The highest BCUT2D eigenvalue weighted by molar-refractivity contribution is 14.1. The van der Waals surface area contributed by atoms with E-state index in [0.717, 1.165) is 17.1 Å². The lowest BCUT2D eigenvalue weighted by Gasteiger charge is -2.20. The first kappa shape index (κ1) is 14.3. The molecule has 1 aromatic heterocycles. The number of hydrogen-bond acceptors (Lipinski definition) is 2. The van der Waals surface area contributed by atoms with Crippen LogP contribution in [0, 0.1) is 24.3 Å². The Kier molecular flexibility index (Phi) is 4.45. The Morgan fingerprint density at radius 2 is 1.89 bits per heavy atom. The van der Waals surface area contributed by atoms with Gasteiger partial charge in [-0.1, -0.05) is 6.07 Å². The second-order valence-electron chi connectivity index (χ2n) is 4.96. The van der Waals surface area contributed by atoms with Crippen molar-refractivity contribution in [1.29, 1.82) is 0 Å². The first-order valence-corrected chi connectivity index (χ1v) is 7.52. The summed E-state index contributed by atoms with van der Waals surface area (Å²) in [5.41, 5.74) is 5.95. The first-order chi connectivity index (χ1) is 8.97. The highest BCUT2D eigenvalue weighted by Gasteiger charge is 2.13. The Balaban J connectivity index is 2.28. The van der Waals surface area contributed by atoms with Crippen molar-refractivity contribution < 1.29 is 0 Å². The molecule has 2 aromatic rings. The molecule has 0 aliphatic carbocycles. The van der Waals surface area contributed by atoms with Gasteiger partial charge in [0.1, 0.15) is 0 Å². The summed E-state index contributed by atoms with van der Waals surface area (Å²) < 4.78 is 1.24. The summed E-state index contributed by atoms with van der Waals surface area (Å²) in [5.74, 6) is 0. The number of rotatable bonds is 3. The van der Waals surface area contributed by atoms with E-state index in [9.17, 15) is 0 Å². The molecule has 1 aromatic carbocycles. The van der Waals surface area contributed by atoms with Gasteiger partial charge in [0.25, 0.3) is 0 Å². The molecule has 0 amide bonds. The van der Waals surface area contributed by atoms with Crippen LogP contribution < -0.4 is 5.32 Å². The van der Waals surface area contributed by atoms with E-state index in [0.29, 0.717) is 0 Å². The molecule has 0 saturated carbocycles. The van der Waals surface area contributed by atoms with Crippen LogP contribution in [0.2, 0.25) is 0 Å². The average molecular weight is 366 g/mol. The van der Waals surface area contributed by atoms with Gasteiger partial charge >= 0.3 is 0 Å². The van der Waals surface area contributed by atoms with Crippen molar-refractivity contribution in [2.75, 3.05) is 5.32 Å². The zero-order chi connectivity index (χ0) is 14.0. The van der Waals surface area contributed by atoms with Gasteiger partial charge in [0.2, 0.25) is 0 Å². The minimum Gasteiger partial charge on any atom is -0.378 e. The van der Waals surface area contributed by atoms with Crippen molar-refractivity contribution in [3.05, 3.63) is 56.4 Å². The van der Waals surface area contributed by atoms with Gasteiger partial charge in [0.15, 0.2) is 0 Å². The summed E-state index contributed by atoms with van der Waals surface area (Å²) in [7, 11) is 0. The predicted molar refractivity (Wildman–Crippen MR) is 89.6 cm³/mol. The van der Waals surface area contributed by atoms with Crippen LogP contribution in [0.15, 0.2) is 30.3 Å². The van der Waals surface area contributed by atoms with Gasteiger partial charge in [0, 0.05) is 20.6 Å². The highest BCUT2D eigenvalue weighted by Crippen LogP contribution is 2.25. The minimum atomic E-state index is 0.256. The van der Waals surface area contributed by atoms with Crippen molar-refractivity contribution in [2.24, 2.45) is 0 Å². The third-order valence-electron chi connectivity index (χ3n) is 3.22. The molecule has 19 heavy (non-hydrogen) atoms. The van der Waals surface area contributed by atoms with Crippen molar-refractivity contribution >= 4 is 28.3 Å². The van der Waals surface area contributed by atoms with Crippen molar-refractivity contribution in [1.82, 2.24) is 4.98 Å². The smallest absolute Gasteiger partial charge is 0.0506 e. The molecular formula is C16H19IN2. The molecule has 0 fully saturated rings. The van der Waals surface area contributed by atoms with Gasteiger partial charge in [-0.05, 0) is 85.7 Å². The Morgan fingerprint density at radius 3 is 2.53 bits per heavy atom. The van der Waals surface area contributed by atoms with Crippen LogP contribution in [-0.4, -0.2) is 4.98 Å². The van der Waals surface area contributed by atoms with E-state index in [4.69, 9.17) is 0 Å². The van der Waals surface area contributed by atoms with Crippen molar-refractivity contribution in [3.63, 3.8) is 0 Å². The van der Waals surface area contributed by atoms with Crippen molar-refractivity contribution in [2.45, 2.75) is 33.7 Å². The molecule has 0 radical (unpaired) electrons. The number of pyridine rings is 1. The van der Waals surface area contributed by atoms with Gasteiger partial charge in [-0.2, -0.15) is 0 Å². The third kappa shape index (κ3) is 3.47. The molecular weight excluding hydrogens is 347 g/mol. The number of aromatic nitrogens is 1. The van der Waals surface area contributed by atoms with Gasteiger partial charge in [-0.15, -0.1) is 0 Å². The number of nitrogens with zero attached hydrogens (tertiary/aromatic N) is 1. The fourth-order valence-electron chi connectivity index (χ4n) is 2.59. The average Bonchev–Trinajstić information content (AvgIpc) is 2.27. The Morgan fingerprint density at radius 1 is 1.16 bits per heavy atom. The monoisotopic (exact) mass is 366 g/mol. The summed E-state index contributed by atoms with van der Waals surface area (Å²) in [6.45, 7) is 8.47. The number of nitrogens with one attached hydrogen (secondary N) is 1. The normalized spacial score (nSPS) is 12.3. The molecule has 2 rings (SSSR count). The largest absolute Gasteiger partial charge is 0.378 e. The van der Waals surface area contributed by atoms with Crippen LogP contribution in [0.4, 0.5) is 5.69 Å². The highest BCUT2D eigenvalue weighted by atomic mass is 127. The van der Waals surface area contributed by atoms with Crippen LogP contribution in [0.1, 0.15) is 35.5 Å². The van der Waals surface area contributed by atoms with E-state index in [1.807, 2.05) is 6.92 Å². The zero-order valence-electron chi connectivity index (χ0n) is 11.8. The van der Waals surface area contributed by atoms with E-state index in [1.165, 1.54) is 14.7 Å². The quantitative estimate of drug-likeness (QED) is 0.791. The number of aryl methyl sites for hydroxylation is 3. The topological polar surface area (TPSA) is 24.9 Å². The molecule has 2 nitrogen and oxygen atoms in total. The number of halogens is 1. The maximum Gasteiger partial charge on any atom is 0.0506 e. The summed E-state index contributed by atoms with van der Waals surface area (Å²) >= 11 is 2.33. The lowest BCUT2D eigenvalue weighted by atomic mass is 10.00. The molecule has 1 atom stereocenters. The molecule has 0 aliphatic heterocycles. The van der Waals surface area contributed by atoms with E-state index in [-0.39, 0.29) is 6.04 Å². The van der Waals surface area contributed by atoms with Gasteiger partial charge in [-0.3, -0.25) is 4.98 Å². The summed E-state index contributed by atoms with van der Waals surface area (Å²) in [5, 5.41) is 3.56. The van der Waals surface area contributed by atoms with Gasteiger partial charge < -0.3 is 5.32 Å². The number of anilines is 1. The lowest BCUT2D eigenvalue weighted by molar-refractivity contribution is 0.843. The Hall–Kier alpha value is -1.10. The Bertz CT molecular complexity index is 570. The first-order valence-electron chi connectivity index (χ1n) is 6.44. The number of benzene rings is 1. The fraction of sp³-hybridized carbons (Fsp3) is 0.312. The van der Waals surface area contributed by atoms with Crippen LogP contribution in [0.3, 0.4) is 0 Å². The molecule has 1 unspecified atom stereocenters. The van der Waals surface area contributed by atoms with Crippen LogP contribution in [0.25, 0.3) is 0 Å². The second-order valence-corrected chi connectivity index (χ2v) is 6.20. The van der Waals surface area contributed by atoms with Crippen molar-refractivity contribution in [3.8, 4) is 0 Å². The van der Waals surface area contributed by atoms with Crippen LogP contribution >= 0.6 is 22.6 Å². The minimum absolute atomic E-state index is 0.256. The van der Waals surface area contributed by atoms with Crippen LogP contribution in [-0.2, 0) is 0 Å². The Labute approximate surface area is 128 Å². The molecule has 100 valence electrons. The second kappa shape index (κ2) is 5.90.